The molecule has 0 aliphatic heterocycles. The Morgan fingerprint density at radius 2 is 2.00 bits per heavy atom. The number of aromatic nitrogens is 1. The number of fused-ring (bicyclic) bond motifs is 1. The number of nitrogens with zero attached hydrogens (tertiary/aromatic N) is 1. The van der Waals surface area contributed by atoms with E-state index in [1.807, 2.05) is 69.6 Å². The number of carbonyl (C=O) groups excluding carboxylic acids is 1. The van der Waals surface area contributed by atoms with Crippen LogP contribution in [0, 0.1) is 0 Å². The molecule has 2 rings (SSSR count). The van der Waals surface area contributed by atoms with Gasteiger partial charge < -0.3 is 14.0 Å². The zero-order chi connectivity index (χ0) is 15.6. The summed E-state index contributed by atoms with van der Waals surface area (Å²) in [4.78, 5) is 12.2. The molecule has 0 bridgehead atoms. The van der Waals surface area contributed by atoms with Gasteiger partial charge in [-0.3, -0.25) is 0 Å². The summed E-state index contributed by atoms with van der Waals surface area (Å²) >= 11 is 0. The van der Waals surface area contributed by atoms with E-state index < -0.39 is 5.60 Å². The third kappa shape index (κ3) is 3.38. The van der Waals surface area contributed by atoms with E-state index >= 15 is 0 Å². The second kappa shape index (κ2) is 5.80. The molecule has 4 heteroatoms. The largest absolute Gasteiger partial charge is 0.493 e. The quantitative estimate of drug-likeness (QED) is 0.800. The van der Waals surface area contributed by atoms with Gasteiger partial charge in [0.05, 0.1) is 12.1 Å². The highest BCUT2D eigenvalue weighted by Crippen LogP contribution is 2.29. The van der Waals surface area contributed by atoms with Crippen LogP contribution in [-0.4, -0.2) is 22.7 Å². The van der Waals surface area contributed by atoms with Gasteiger partial charge in [0, 0.05) is 11.6 Å². The number of rotatable bonds is 4. The molecule has 1 unspecified atom stereocenters. The summed E-state index contributed by atoms with van der Waals surface area (Å²) in [6.45, 7) is 10.0. The minimum Gasteiger partial charge on any atom is -0.493 e. The molecule has 0 amide bonds. The summed E-state index contributed by atoms with van der Waals surface area (Å²) < 4.78 is 13.0. The smallest absolute Gasteiger partial charge is 0.329 e. The number of esters is 1. The van der Waals surface area contributed by atoms with E-state index in [4.69, 9.17) is 9.47 Å². The van der Waals surface area contributed by atoms with E-state index in [1.165, 1.54) is 0 Å². The van der Waals surface area contributed by atoms with Crippen LogP contribution in [-0.2, 0) is 9.53 Å². The number of benzene rings is 1. The van der Waals surface area contributed by atoms with Crippen molar-refractivity contribution in [2.75, 3.05) is 6.61 Å². The average molecular weight is 289 g/mol. The fourth-order valence-electron chi connectivity index (χ4n) is 2.28. The van der Waals surface area contributed by atoms with Gasteiger partial charge in [-0.05, 0) is 52.8 Å². The topological polar surface area (TPSA) is 40.5 Å². The van der Waals surface area contributed by atoms with E-state index in [9.17, 15) is 4.79 Å². The molecule has 0 saturated heterocycles. The standard InChI is InChI=1S/C17H23NO3/c1-6-20-15-9-7-8-14-13(15)10-11-18(14)12(2)16(19)21-17(3,4)5/h7-12H,6H2,1-5H3. The third-order valence-electron chi connectivity index (χ3n) is 3.19. The van der Waals surface area contributed by atoms with Crippen LogP contribution in [0.1, 0.15) is 40.7 Å². The highest BCUT2D eigenvalue weighted by molar-refractivity contribution is 5.88. The van der Waals surface area contributed by atoms with Crippen LogP contribution < -0.4 is 4.74 Å². The number of hydrogen-bond acceptors (Lipinski definition) is 3. The van der Waals surface area contributed by atoms with E-state index in [0.29, 0.717) is 6.61 Å². The fourth-order valence-corrected chi connectivity index (χ4v) is 2.28. The van der Waals surface area contributed by atoms with E-state index in [-0.39, 0.29) is 12.0 Å². The third-order valence-corrected chi connectivity index (χ3v) is 3.19. The highest BCUT2D eigenvalue weighted by Gasteiger charge is 2.24. The van der Waals surface area contributed by atoms with Gasteiger partial charge in [0.25, 0.3) is 0 Å². The summed E-state index contributed by atoms with van der Waals surface area (Å²) in [5.41, 5.74) is 0.490. The molecule has 2 aromatic rings. The fraction of sp³-hybridized carbons (Fsp3) is 0.471. The zero-order valence-corrected chi connectivity index (χ0v) is 13.3. The minimum absolute atomic E-state index is 0.234. The van der Waals surface area contributed by atoms with Gasteiger partial charge in [0.15, 0.2) is 0 Å². The molecule has 21 heavy (non-hydrogen) atoms. The molecule has 0 N–H and O–H groups in total. The maximum Gasteiger partial charge on any atom is 0.329 e. The van der Waals surface area contributed by atoms with Crippen molar-refractivity contribution >= 4 is 16.9 Å². The van der Waals surface area contributed by atoms with Crippen LogP contribution in [0.25, 0.3) is 10.9 Å². The molecule has 1 aromatic heterocycles. The minimum atomic E-state index is -0.481. The Kier molecular flexibility index (Phi) is 4.26. The first kappa shape index (κ1) is 15.4. The monoisotopic (exact) mass is 289 g/mol. The molecule has 1 aromatic carbocycles. The van der Waals surface area contributed by atoms with Crippen molar-refractivity contribution in [1.29, 1.82) is 0 Å². The van der Waals surface area contributed by atoms with Crippen molar-refractivity contribution in [3.05, 3.63) is 30.5 Å². The van der Waals surface area contributed by atoms with Gasteiger partial charge in [-0.2, -0.15) is 0 Å². The molecule has 0 spiro atoms. The molecular formula is C17H23NO3. The lowest BCUT2D eigenvalue weighted by atomic mass is 10.2. The Hall–Kier alpha value is -1.97. The predicted molar refractivity (Wildman–Crippen MR) is 83.7 cm³/mol. The second-order valence-electron chi connectivity index (χ2n) is 6.05. The normalized spacial score (nSPS) is 13.2. The summed E-state index contributed by atoms with van der Waals surface area (Å²) in [5, 5.41) is 1.01. The van der Waals surface area contributed by atoms with Crippen LogP contribution in [0.4, 0.5) is 0 Å². The number of carbonyl (C=O) groups is 1. The van der Waals surface area contributed by atoms with E-state index in [1.54, 1.807) is 0 Å². The maximum atomic E-state index is 12.2. The van der Waals surface area contributed by atoms with Crippen molar-refractivity contribution in [2.45, 2.75) is 46.3 Å². The van der Waals surface area contributed by atoms with E-state index in [0.717, 1.165) is 16.7 Å². The van der Waals surface area contributed by atoms with Crippen LogP contribution in [0.2, 0.25) is 0 Å². The lowest BCUT2D eigenvalue weighted by molar-refractivity contribution is -0.158. The van der Waals surface area contributed by atoms with Crippen LogP contribution in [0.15, 0.2) is 30.5 Å². The van der Waals surface area contributed by atoms with E-state index in [2.05, 4.69) is 0 Å². The molecule has 0 fully saturated rings. The molecule has 0 aliphatic rings. The van der Waals surface area contributed by atoms with Crippen LogP contribution in [0.3, 0.4) is 0 Å². The molecule has 1 heterocycles. The first-order chi connectivity index (χ1) is 9.83. The van der Waals surface area contributed by atoms with Crippen molar-refractivity contribution in [3.63, 3.8) is 0 Å². The SMILES string of the molecule is CCOc1cccc2c1ccn2C(C)C(=O)OC(C)(C)C. The lowest BCUT2D eigenvalue weighted by Crippen LogP contribution is -2.28. The Bertz CT molecular complexity index is 637. The Labute approximate surface area is 125 Å². The Morgan fingerprint density at radius 1 is 1.29 bits per heavy atom. The molecular weight excluding hydrogens is 266 g/mol. The highest BCUT2D eigenvalue weighted by atomic mass is 16.6. The van der Waals surface area contributed by atoms with Crippen LogP contribution >= 0.6 is 0 Å². The molecule has 4 nitrogen and oxygen atoms in total. The Morgan fingerprint density at radius 3 is 2.62 bits per heavy atom. The second-order valence-corrected chi connectivity index (χ2v) is 6.05. The molecule has 0 radical (unpaired) electrons. The predicted octanol–water partition coefficient (Wildman–Crippen LogP) is 3.94. The van der Waals surface area contributed by atoms with Crippen molar-refractivity contribution in [3.8, 4) is 5.75 Å². The van der Waals surface area contributed by atoms with Gasteiger partial charge in [-0.1, -0.05) is 6.07 Å². The first-order valence-corrected chi connectivity index (χ1v) is 7.28. The van der Waals surface area contributed by atoms with Gasteiger partial charge in [-0.25, -0.2) is 4.79 Å². The maximum absolute atomic E-state index is 12.2. The summed E-state index contributed by atoms with van der Waals surface area (Å²) in [6, 6.07) is 7.46. The van der Waals surface area contributed by atoms with Crippen molar-refractivity contribution < 1.29 is 14.3 Å². The molecule has 0 saturated carbocycles. The van der Waals surface area contributed by atoms with Crippen molar-refractivity contribution in [2.24, 2.45) is 0 Å². The summed E-state index contributed by atoms with van der Waals surface area (Å²) in [5.74, 6) is 0.604. The number of hydrogen-bond donors (Lipinski definition) is 0. The van der Waals surface area contributed by atoms with Crippen LogP contribution in [0.5, 0.6) is 5.75 Å². The Balaban J connectivity index is 2.34. The average Bonchev–Trinajstić information content (AvgIpc) is 2.81. The summed E-state index contributed by atoms with van der Waals surface area (Å²) in [6.07, 6.45) is 1.90. The number of ether oxygens (including phenoxy) is 2. The van der Waals surface area contributed by atoms with Gasteiger partial charge in [0.1, 0.15) is 17.4 Å². The molecule has 0 aliphatic carbocycles. The van der Waals surface area contributed by atoms with Gasteiger partial charge in [-0.15, -0.1) is 0 Å². The van der Waals surface area contributed by atoms with Gasteiger partial charge >= 0.3 is 5.97 Å². The zero-order valence-electron chi connectivity index (χ0n) is 13.3. The first-order valence-electron chi connectivity index (χ1n) is 7.28. The summed E-state index contributed by atoms with van der Waals surface area (Å²) in [7, 11) is 0. The van der Waals surface area contributed by atoms with Crippen molar-refractivity contribution in [1.82, 2.24) is 4.57 Å². The molecule has 114 valence electrons. The lowest BCUT2D eigenvalue weighted by Gasteiger charge is -2.23. The van der Waals surface area contributed by atoms with Gasteiger partial charge in [0.2, 0.25) is 0 Å². The molecule has 1 atom stereocenters.